The summed E-state index contributed by atoms with van der Waals surface area (Å²) in [5, 5.41) is 11.3. The first-order chi connectivity index (χ1) is 14.7. The summed E-state index contributed by atoms with van der Waals surface area (Å²) < 4.78 is 17.3. The maximum Gasteiger partial charge on any atom is 0.224 e. The lowest BCUT2D eigenvalue weighted by atomic mass is 10.1. The number of benzene rings is 1. The van der Waals surface area contributed by atoms with Gasteiger partial charge in [-0.25, -0.2) is 14.6 Å². The third-order valence-electron chi connectivity index (χ3n) is 4.49. The Labute approximate surface area is 174 Å². The molecule has 0 atom stereocenters. The first kappa shape index (κ1) is 21.3. The maximum absolute atomic E-state index is 12.3. The average molecular weight is 414 g/mol. The van der Waals surface area contributed by atoms with Crippen molar-refractivity contribution in [1.82, 2.24) is 25.1 Å². The first-order valence-corrected chi connectivity index (χ1v) is 9.53. The van der Waals surface area contributed by atoms with E-state index in [0.29, 0.717) is 49.2 Å². The van der Waals surface area contributed by atoms with Crippen molar-refractivity contribution in [2.75, 3.05) is 46.3 Å². The quantitative estimate of drug-likeness (QED) is 0.451. The largest absolute Gasteiger partial charge is 0.493 e. The number of ether oxygens (including phenoxy) is 3. The average Bonchev–Trinajstić information content (AvgIpc) is 3.17. The molecule has 1 amide bonds. The number of rotatable bonds is 11. The Morgan fingerprint density at radius 1 is 1.10 bits per heavy atom. The fourth-order valence-corrected chi connectivity index (χ4v) is 3.01. The molecule has 0 aliphatic heterocycles. The van der Waals surface area contributed by atoms with Crippen molar-refractivity contribution in [3.8, 4) is 11.5 Å². The molecule has 10 heteroatoms. The minimum Gasteiger partial charge on any atom is -0.493 e. The molecule has 10 nitrogen and oxygen atoms in total. The highest BCUT2D eigenvalue weighted by Gasteiger charge is 2.11. The number of nitrogens with one attached hydrogen (secondary N) is 2. The van der Waals surface area contributed by atoms with Crippen LogP contribution in [0.4, 0.5) is 5.82 Å². The molecule has 0 bridgehead atoms. The third-order valence-corrected chi connectivity index (χ3v) is 4.49. The fourth-order valence-electron chi connectivity index (χ4n) is 3.01. The van der Waals surface area contributed by atoms with Crippen molar-refractivity contribution in [2.45, 2.75) is 13.0 Å². The number of methoxy groups -OCH3 is 3. The lowest BCUT2D eigenvalue weighted by molar-refractivity contribution is -0.120. The fraction of sp³-hybridized carbons (Fsp3) is 0.400. The summed E-state index contributed by atoms with van der Waals surface area (Å²) in [6.45, 7) is 2.14. The maximum atomic E-state index is 12.3. The molecule has 3 aromatic rings. The second kappa shape index (κ2) is 10.4. The van der Waals surface area contributed by atoms with Crippen LogP contribution >= 0.6 is 0 Å². The molecule has 3 rings (SSSR count). The number of amides is 1. The van der Waals surface area contributed by atoms with Gasteiger partial charge >= 0.3 is 0 Å². The van der Waals surface area contributed by atoms with Crippen LogP contribution in [0.3, 0.4) is 0 Å². The number of hydrogen-bond acceptors (Lipinski definition) is 8. The normalized spacial score (nSPS) is 10.8. The van der Waals surface area contributed by atoms with E-state index >= 15 is 0 Å². The zero-order chi connectivity index (χ0) is 21.3. The highest BCUT2D eigenvalue weighted by molar-refractivity contribution is 5.86. The van der Waals surface area contributed by atoms with Crippen molar-refractivity contribution in [3.05, 3.63) is 36.3 Å². The van der Waals surface area contributed by atoms with Crippen molar-refractivity contribution in [2.24, 2.45) is 0 Å². The van der Waals surface area contributed by atoms with Gasteiger partial charge in [0.05, 0.1) is 45.4 Å². The van der Waals surface area contributed by atoms with Crippen molar-refractivity contribution < 1.29 is 19.0 Å². The van der Waals surface area contributed by atoms with E-state index in [1.54, 1.807) is 44.3 Å². The molecule has 2 heterocycles. The molecule has 0 saturated carbocycles. The number of carbonyl (C=O) groups excluding carboxylic acids is 1. The van der Waals surface area contributed by atoms with Crippen LogP contribution in [-0.4, -0.2) is 66.7 Å². The molecular weight excluding hydrogens is 388 g/mol. The van der Waals surface area contributed by atoms with E-state index in [-0.39, 0.29) is 12.3 Å². The van der Waals surface area contributed by atoms with E-state index in [9.17, 15) is 4.79 Å². The van der Waals surface area contributed by atoms with Crippen LogP contribution in [0.1, 0.15) is 5.56 Å². The predicted molar refractivity (Wildman–Crippen MR) is 112 cm³/mol. The summed E-state index contributed by atoms with van der Waals surface area (Å²) in [5.74, 6) is 1.85. The SMILES string of the molecule is COCCNc1ncnc2c1cnn2CCNC(=O)Cc1ccc(OC)c(OC)c1. The summed E-state index contributed by atoms with van der Waals surface area (Å²) in [7, 11) is 4.79. The van der Waals surface area contributed by atoms with Gasteiger partial charge in [-0.05, 0) is 17.7 Å². The van der Waals surface area contributed by atoms with Crippen LogP contribution in [0, 0.1) is 0 Å². The molecule has 1 aromatic carbocycles. The molecule has 2 N–H and O–H groups in total. The molecule has 0 aliphatic carbocycles. The van der Waals surface area contributed by atoms with Crippen molar-refractivity contribution in [1.29, 1.82) is 0 Å². The van der Waals surface area contributed by atoms with Gasteiger partial charge in [-0.2, -0.15) is 5.10 Å². The molecule has 30 heavy (non-hydrogen) atoms. The Kier molecular flexibility index (Phi) is 7.39. The van der Waals surface area contributed by atoms with Crippen LogP contribution in [0.25, 0.3) is 11.0 Å². The van der Waals surface area contributed by atoms with Crippen LogP contribution in [0.5, 0.6) is 11.5 Å². The Morgan fingerprint density at radius 3 is 2.70 bits per heavy atom. The van der Waals surface area contributed by atoms with Gasteiger partial charge in [0.2, 0.25) is 5.91 Å². The third kappa shape index (κ3) is 5.15. The van der Waals surface area contributed by atoms with Gasteiger partial charge in [0.1, 0.15) is 12.1 Å². The number of carbonyl (C=O) groups is 1. The Morgan fingerprint density at radius 2 is 1.93 bits per heavy atom. The Hall–Kier alpha value is -3.40. The lowest BCUT2D eigenvalue weighted by Crippen LogP contribution is -2.28. The molecule has 0 saturated heterocycles. The van der Waals surface area contributed by atoms with E-state index in [4.69, 9.17) is 14.2 Å². The van der Waals surface area contributed by atoms with Crippen LogP contribution < -0.4 is 20.1 Å². The first-order valence-electron chi connectivity index (χ1n) is 9.53. The summed E-state index contributed by atoms with van der Waals surface area (Å²) >= 11 is 0. The highest BCUT2D eigenvalue weighted by atomic mass is 16.5. The highest BCUT2D eigenvalue weighted by Crippen LogP contribution is 2.27. The minimum absolute atomic E-state index is 0.0878. The molecule has 0 radical (unpaired) electrons. The summed E-state index contributed by atoms with van der Waals surface area (Å²) in [4.78, 5) is 20.9. The smallest absolute Gasteiger partial charge is 0.224 e. The number of anilines is 1. The van der Waals surface area contributed by atoms with Gasteiger partial charge in [-0.1, -0.05) is 6.07 Å². The van der Waals surface area contributed by atoms with Gasteiger partial charge in [-0.15, -0.1) is 0 Å². The van der Waals surface area contributed by atoms with E-state index in [1.165, 1.54) is 6.33 Å². The summed E-state index contributed by atoms with van der Waals surface area (Å²) in [5.41, 5.74) is 1.55. The molecule has 160 valence electrons. The molecule has 2 aromatic heterocycles. The lowest BCUT2D eigenvalue weighted by Gasteiger charge is -2.10. The van der Waals surface area contributed by atoms with E-state index in [2.05, 4.69) is 25.7 Å². The summed E-state index contributed by atoms with van der Waals surface area (Å²) in [6.07, 6.45) is 3.46. The Bertz CT molecular complexity index is 991. The molecule has 0 aliphatic rings. The van der Waals surface area contributed by atoms with E-state index in [1.807, 2.05) is 6.07 Å². The van der Waals surface area contributed by atoms with Crippen LogP contribution in [-0.2, 0) is 22.5 Å². The zero-order valence-corrected chi connectivity index (χ0v) is 17.3. The van der Waals surface area contributed by atoms with Crippen molar-refractivity contribution >= 4 is 22.8 Å². The van der Waals surface area contributed by atoms with Crippen LogP contribution in [0.2, 0.25) is 0 Å². The van der Waals surface area contributed by atoms with Crippen LogP contribution in [0.15, 0.2) is 30.7 Å². The monoisotopic (exact) mass is 414 g/mol. The van der Waals surface area contributed by atoms with Gasteiger partial charge in [0.15, 0.2) is 17.1 Å². The number of nitrogens with zero attached hydrogens (tertiary/aromatic N) is 4. The van der Waals surface area contributed by atoms with E-state index in [0.717, 1.165) is 10.9 Å². The predicted octanol–water partition coefficient (Wildman–Crippen LogP) is 1.26. The van der Waals surface area contributed by atoms with Gasteiger partial charge < -0.3 is 24.8 Å². The molecule has 0 fully saturated rings. The Balaban J connectivity index is 1.55. The number of hydrogen-bond donors (Lipinski definition) is 2. The standard InChI is InChI=1S/C20H26N6O4/c1-28-9-7-22-19-15-12-25-26(20(15)24-13-23-19)8-6-21-18(27)11-14-4-5-16(29-2)17(10-14)30-3/h4-5,10,12-13H,6-9,11H2,1-3H3,(H,21,27)(H,22,23,24). The molecular formula is C20H26N6O4. The molecule has 0 spiro atoms. The van der Waals surface area contributed by atoms with Gasteiger partial charge in [-0.3, -0.25) is 4.79 Å². The minimum atomic E-state index is -0.0878. The van der Waals surface area contributed by atoms with Gasteiger partial charge in [0, 0.05) is 20.2 Å². The number of fused-ring (bicyclic) bond motifs is 1. The second-order valence-electron chi connectivity index (χ2n) is 6.46. The van der Waals surface area contributed by atoms with Crippen molar-refractivity contribution in [3.63, 3.8) is 0 Å². The topological polar surface area (TPSA) is 112 Å². The molecule has 0 unspecified atom stereocenters. The van der Waals surface area contributed by atoms with E-state index < -0.39 is 0 Å². The number of aromatic nitrogens is 4. The zero-order valence-electron chi connectivity index (χ0n) is 17.3. The summed E-state index contributed by atoms with van der Waals surface area (Å²) in [6, 6.07) is 5.43. The van der Waals surface area contributed by atoms with Gasteiger partial charge in [0.25, 0.3) is 0 Å². The second-order valence-corrected chi connectivity index (χ2v) is 6.46.